The van der Waals surface area contributed by atoms with Crippen molar-refractivity contribution in [1.29, 1.82) is 0 Å². The Morgan fingerprint density at radius 2 is 1.38 bits per heavy atom. The fourth-order valence-corrected chi connectivity index (χ4v) is 1.32. The minimum absolute atomic E-state index is 0. The summed E-state index contributed by atoms with van der Waals surface area (Å²) in [4.78, 5) is 2.54. The van der Waals surface area contributed by atoms with Gasteiger partial charge in [0.25, 0.3) is 0 Å². The summed E-state index contributed by atoms with van der Waals surface area (Å²) in [5.74, 6) is 0. The van der Waals surface area contributed by atoms with Crippen molar-refractivity contribution in [1.82, 2.24) is 4.90 Å². The molecule has 0 aliphatic carbocycles. The van der Waals surface area contributed by atoms with E-state index < -0.39 is 0 Å². The summed E-state index contributed by atoms with van der Waals surface area (Å²) >= 11 is 0. The van der Waals surface area contributed by atoms with Crippen molar-refractivity contribution in [2.24, 2.45) is 0 Å². The molecule has 0 amide bonds. The summed E-state index contributed by atoms with van der Waals surface area (Å²) in [5.41, 5.74) is 0. The van der Waals surface area contributed by atoms with Crippen molar-refractivity contribution in [3.8, 4) is 0 Å². The molecule has 1 radical (unpaired) electrons. The monoisotopic (exact) mass is 178 g/mol. The zero-order valence-electron chi connectivity index (χ0n) is 8.81. The third kappa shape index (κ3) is 10.5. The van der Waals surface area contributed by atoms with Crippen LogP contribution in [-0.2, 0) is 0 Å². The Kier molecular flexibility index (Phi) is 15.5. The molecule has 0 bridgehead atoms. The van der Waals surface area contributed by atoms with Crippen LogP contribution in [0, 0.1) is 6.92 Å². The van der Waals surface area contributed by atoms with Gasteiger partial charge in [-0.05, 0) is 38.9 Å². The van der Waals surface area contributed by atoms with Crippen molar-refractivity contribution < 1.29 is 0 Å². The van der Waals surface area contributed by atoms with Crippen LogP contribution in [0.25, 0.3) is 0 Å². The Morgan fingerprint density at radius 3 is 1.69 bits per heavy atom. The molecule has 2 heteroatoms. The van der Waals surface area contributed by atoms with Gasteiger partial charge in [0.2, 0.25) is 0 Å². The van der Waals surface area contributed by atoms with Gasteiger partial charge in [0.15, 0.2) is 0 Å². The van der Waals surface area contributed by atoms with Crippen LogP contribution in [0.1, 0.15) is 46.0 Å². The molecule has 13 heavy (non-hydrogen) atoms. The minimum atomic E-state index is 0. The van der Waals surface area contributed by atoms with E-state index in [-0.39, 0.29) is 18.9 Å². The summed E-state index contributed by atoms with van der Waals surface area (Å²) in [6, 6.07) is 0. The van der Waals surface area contributed by atoms with Gasteiger partial charge in [0.05, 0.1) is 0 Å². The summed E-state index contributed by atoms with van der Waals surface area (Å²) in [5, 5.41) is 0. The number of unbranched alkanes of at least 4 members (excludes halogenated alkanes) is 2. The zero-order chi connectivity index (χ0) is 9.23. The van der Waals surface area contributed by atoms with Crippen LogP contribution in [0.5, 0.6) is 0 Å². The van der Waals surface area contributed by atoms with Crippen molar-refractivity contribution in [2.75, 3.05) is 19.6 Å². The van der Waals surface area contributed by atoms with Crippen LogP contribution in [0.15, 0.2) is 0 Å². The van der Waals surface area contributed by atoms with Crippen molar-refractivity contribution in [3.63, 3.8) is 0 Å². The second-order valence-electron chi connectivity index (χ2n) is 3.40. The maximum absolute atomic E-state index is 3.90. The average molecular weight is 178 g/mol. The second-order valence-corrected chi connectivity index (χ2v) is 3.40. The molecule has 0 unspecified atom stereocenters. The molecule has 0 N–H and O–H groups in total. The fourth-order valence-electron chi connectivity index (χ4n) is 1.32. The van der Waals surface area contributed by atoms with Crippen molar-refractivity contribution >= 4 is 18.9 Å². The Labute approximate surface area is 96.4 Å². The van der Waals surface area contributed by atoms with E-state index in [1.165, 1.54) is 45.3 Å². The van der Waals surface area contributed by atoms with E-state index in [4.69, 9.17) is 0 Å². The number of nitrogens with zero attached hydrogens (tertiary/aromatic N) is 1. The third-order valence-electron chi connectivity index (χ3n) is 2.13. The molecule has 0 saturated heterocycles. The van der Waals surface area contributed by atoms with Gasteiger partial charge < -0.3 is 4.90 Å². The summed E-state index contributed by atoms with van der Waals surface area (Å²) in [7, 11) is 0. The van der Waals surface area contributed by atoms with Gasteiger partial charge in [0, 0.05) is 0 Å². The van der Waals surface area contributed by atoms with Gasteiger partial charge in [-0.1, -0.05) is 33.6 Å². The van der Waals surface area contributed by atoms with Gasteiger partial charge in [0.1, 0.15) is 0 Å². The molecule has 0 aromatic carbocycles. The summed E-state index contributed by atoms with van der Waals surface area (Å²) in [6.07, 6.45) is 6.33. The van der Waals surface area contributed by atoms with E-state index in [0.29, 0.717) is 0 Å². The predicted octanol–water partition coefficient (Wildman–Crippen LogP) is 2.46. The molecule has 0 aromatic rings. The van der Waals surface area contributed by atoms with Crippen molar-refractivity contribution in [2.45, 2.75) is 46.0 Å². The number of hydrogen-bond donors (Lipinski definition) is 0. The molecule has 0 aliphatic rings. The average Bonchev–Trinajstić information content (AvgIpc) is 2.10. The molecule has 1 nitrogen and oxygen atoms in total. The molecule has 0 fully saturated rings. The first-order valence-electron chi connectivity index (χ1n) is 5.36. The summed E-state index contributed by atoms with van der Waals surface area (Å²) < 4.78 is 0. The van der Waals surface area contributed by atoms with Gasteiger partial charge in [-0.2, -0.15) is 0 Å². The van der Waals surface area contributed by atoms with E-state index in [2.05, 4.69) is 25.7 Å². The topological polar surface area (TPSA) is 3.24 Å². The fraction of sp³-hybridized carbons (Fsp3) is 0.909. The maximum atomic E-state index is 3.90. The molecule has 0 spiro atoms. The molecule has 0 heterocycles. The first kappa shape index (κ1) is 16.0. The Bertz CT molecular complexity index is 78.2. The molecule has 0 saturated carbocycles. The Balaban J connectivity index is 0. The van der Waals surface area contributed by atoms with E-state index in [1.807, 2.05) is 0 Å². The second kappa shape index (κ2) is 12.6. The van der Waals surface area contributed by atoms with Crippen LogP contribution in [-0.4, -0.2) is 43.4 Å². The molecule has 0 atom stereocenters. The van der Waals surface area contributed by atoms with Gasteiger partial charge in [-0.3, -0.25) is 0 Å². The summed E-state index contributed by atoms with van der Waals surface area (Å²) in [6.45, 7) is 12.1. The normalized spacial score (nSPS) is 10.2. The van der Waals surface area contributed by atoms with Gasteiger partial charge in [-0.15, -0.1) is 0 Å². The third-order valence-corrected chi connectivity index (χ3v) is 2.13. The van der Waals surface area contributed by atoms with E-state index >= 15 is 0 Å². The van der Waals surface area contributed by atoms with Crippen LogP contribution in [0.4, 0.5) is 0 Å². The standard InChI is InChI=1S/C11H24N.Li.H/c1-4-7-10-12(9-6-3)11-8-5-2;;/h3-11H2,1-2H3;;. The zero-order valence-corrected chi connectivity index (χ0v) is 8.81. The van der Waals surface area contributed by atoms with Crippen LogP contribution in [0.3, 0.4) is 0 Å². The first-order chi connectivity index (χ1) is 5.85. The van der Waals surface area contributed by atoms with Crippen LogP contribution >= 0.6 is 0 Å². The van der Waals surface area contributed by atoms with Crippen LogP contribution in [0.2, 0.25) is 0 Å². The Hall–Kier alpha value is 0.557. The van der Waals surface area contributed by atoms with Gasteiger partial charge in [-0.25, -0.2) is 0 Å². The molecular formula is C11H25LiN. The quantitative estimate of drug-likeness (QED) is 0.516. The van der Waals surface area contributed by atoms with E-state index in [0.717, 1.165) is 6.42 Å². The van der Waals surface area contributed by atoms with Crippen LogP contribution < -0.4 is 0 Å². The molecule has 75 valence electrons. The number of rotatable bonds is 8. The predicted molar refractivity (Wildman–Crippen MR) is 63.4 cm³/mol. The van der Waals surface area contributed by atoms with E-state index in [1.54, 1.807) is 0 Å². The van der Waals surface area contributed by atoms with Gasteiger partial charge >= 0.3 is 18.9 Å². The molecule has 0 aromatic heterocycles. The molecular weight excluding hydrogens is 153 g/mol. The SMILES string of the molecule is [CH2]CCN(CCCC)CCCC.[LiH]. The van der Waals surface area contributed by atoms with E-state index in [9.17, 15) is 0 Å². The Morgan fingerprint density at radius 1 is 0.923 bits per heavy atom. The molecule has 0 aliphatic heterocycles. The van der Waals surface area contributed by atoms with Crippen molar-refractivity contribution in [3.05, 3.63) is 6.92 Å². The first-order valence-corrected chi connectivity index (χ1v) is 5.36. The molecule has 0 rings (SSSR count). The number of hydrogen-bond acceptors (Lipinski definition) is 1.